The Morgan fingerprint density at radius 3 is 2.73 bits per heavy atom. The minimum Gasteiger partial charge on any atom is -0.448 e. The van der Waals surface area contributed by atoms with Gasteiger partial charge in [-0.3, -0.25) is 14.5 Å². The highest BCUT2D eigenvalue weighted by Gasteiger charge is 2.38. The molecule has 0 aliphatic carbocycles. The van der Waals surface area contributed by atoms with Gasteiger partial charge in [0.15, 0.2) is 0 Å². The molecule has 1 fully saturated rings. The Morgan fingerprint density at radius 1 is 1.60 bits per heavy atom. The number of nitrogens with zero attached hydrogens (tertiary/aromatic N) is 1. The van der Waals surface area contributed by atoms with Gasteiger partial charge in [-0.1, -0.05) is 0 Å². The number of hydrogen-bond acceptors (Lipinski definition) is 5. The van der Waals surface area contributed by atoms with Gasteiger partial charge in [0, 0.05) is 7.11 Å². The first-order valence-electron chi connectivity index (χ1n) is 4.35. The van der Waals surface area contributed by atoms with Gasteiger partial charge in [-0.05, 0) is 0 Å². The van der Waals surface area contributed by atoms with Gasteiger partial charge < -0.3 is 15.2 Å². The number of likely N-dealkylation sites (tertiary alicyclic amines) is 1. The van der Waals surface area contributed by atoms with Crippen LogP contribution >= 0.6 is 0 Å². The summed E-state index contributed by atoms with van der Waals surface area (Å²) in [4.78, 5) is 34.0. The van der Waals surface area contributed by atoms with Crippen LogP contribution in [0.2, 0.25) is 0 Å². The maximum atomic E-state index is 11.4. The molecule has 1 unspecified atom stereocenters. The average Bonchev–Trinajstić information content (AvgIpc) is 2.44. The summed E-state index contributed by atoms with van der Waals surface area (Å²) in [6, 6.07) is 0. The number of carbonyl (C=O) groups excluding carboxylic acids is 3. The van der Waals surface area contributed by atoms with Gasteiger partial charge in [0.2, 0.25) is 5.91 Å². The Bertz CT molecular complexity index is 291. The third-order valence-electron chi connectivity index (χ3n) is 2.05. The zero-order valence-corrected chi connectivity index (χ0v) is 8.26. The van der Waals surface area contributed by atoms with Crippen LogP contribution in [0.1, 0.15) is 6.42 Å². The molecule has 1 rings (SSSR count). The summed E-state index contributed by atoms with van der Waals surface area (Å²) in [6.07, 6.45) is -1.62. The molecule has 84 valence electrons. The first kappa shape index (κ1) is 11.4. The minimum atomic E-state index is -0.933. The first-order valence-corrected chi connectivity index (χ1v) is 4.35. The monoisotopic (exact) mass is 216 g/mol. The van der Waals surface area contributed by atoms with Crippen molar-refractivity contribution in [1.29, 1.82) is 0 Å². The Morgan fingerprint density at radius 2 is 2.27 bits per heavy atom. The molecule has 7 heteroatoms. The number of hydrogen-bond donors (Lipinski definition) is 1. The predicted octanol–water partition coefficient (Wildman–Crippen LogP) is -1.14. The molecule has 0 bridgehead atoms. The Hall–Kier alpha value is -1.63. The van der Waals surface area contributed by atoms with Crippen molar-refractivity contribution in [3.63, 3.8) is 0 Å². The lowest BCUT2D eigenvalue weighted by molar-refractivity contribution is -0.141. The number of primary amides is 1. The van der Waals surface area contributed by atoms with Gasteiger partial charge in [0.25, 0.3) is 5.91 Å². The molecule has 1 aliphatic heterocycles. The SMILES string of the molecule is COC1CC(=O)N(CCOC(N)=O)C1=O. The fourth-order valence-corrected chi connectivity index (χ4v) is 1.31. The van der Waals surface area contributed by atoms with Crippen LogP contribution in [0.5, 0.6) is 0 Å². The van der Waals surface area contributed by atoms with Crippen molar-refractivity contribution in [3.8, 4) is 0 Å². The van der Waals surface area contributed by atoms with Crippen LogP contribution in [-0.2, 0) is 19.1 Å². The number of imide groups is 1. The zero-order valence-electron chi connectivity index (χ0n) is 8.26. The van der Waals surface area contributed by atoms with Crippen LogP contribution in [0, 0.1) is 0 Å². The predicted molar refractivity (Wildman–Crippen MR) is 47.7 cm³/mol. The van der Waals surface area contributed by atoms with Gasteiger partial charge in [-0.25, -0.2) is 4.79 Å². The molecule has 7 nitrogen and oxygen atoms in total. The van der Waals surface area contributed by atoms with Crippen LogP contribution < -0.4 is 5.73 Å². The highest BCUT2D eigenvalue weighted by atomic mass is 16.5. The van der Waals surface area contributed by atoms with E-state index in [9.17, 15) is 14.4 Å². The van der Waals surface area contributed by atoms with Crippen molar-refractivity contribution >= 4 is 17.9 Å². The van der Waals surface area contributed by atoms with E-state index in [1.807, 2.05) is 0 Å². The van der Waals surface area contributed by atoms with Crippen molar-refractivity contribution in [2.75, 3.05) is 20.3 Å². The molecule has 0 aromatic rings. The van der Waals surface area contributed by atoms with Crippen LogP contribution in [-0.4, -0.2) is 49.2 Å². The number of nitrogens with two attached hydrogens (primary N) is 1. The minimum absolute atomic E-state index is 0.0144. The number of ether oxygens (including phenoxy) is 2. The van der Waals surface area contributed by atoms with E-state index in [4.69, 9.17) is 10.5 Å². The fraction of sp³-hybridized carbons (Fsp3) is 0.625. The Balaban J connectivity index is 2.44. The van der Waals surface area contributed by atoms with Crippen LogP contribution in [0.25, 0.3) is 0 Å². The summed E-state index contributed by atoms with van der Waals surface area (Å²) in [5.41, 5.74) is 4.73. The summed E-state index contributed by atoms with van der Waals surface area (Å²) < 4.78 is 9.23. The number of amides is 3. The molecular weight excluding hydrogens is 204 g/mol. The van der Waals surface area contributed by atoms with Crippen molar-refractivity contribution < 1.29 is 23.9 Å². The van der Waals surface area contributed by atoms with E-state index in [1.165, 1.54) is 7.11 Å². The third-order valence-corrected chi connectivity index (χ3v) is 2.05. The summed E-state index contributed by atoms with van der Waals surface area (Å²) in [6.45, 7) is -0.0796. The normalized spacial score (nSPS) is 20.9. The van der Waals surface area contributed by atoms with E-state index >= 15 is 0 Å². The van der Waals surface area contributed by atoms with E-state index in [1.54, 1.807) is 0 Å². The lowest BCUT2D eigenvalue weighted by Gasteiger charge is -2.13. The summed E-state index contributed by atoms with van der Waals surface area (Å²) >= 11 is 0. The average molecular weight is 216 g/mol. The summed E-state index contributed by atoms with van der Waals surface area (Å²) in [5.74, 6) is -0.740. The Kier molecular flexibility index (Phi) is 3.62. The second-order valence-electron chi connectivity index (χ2n) is 2.98. The van der Waals surface area contributed by atoms with Gasteiger partial charge in [-0.2, -0.15) is 0 Å². The molecule has 2 N–H and O–H groups in total. The first-order chi connectivity index (χ1) is 7.06. The van der Waals surface area contributed by atoms with E-state index in [0.717, 1.165) is 4.90 Å². The van der Waals surface area contributed by atoms with Gasteiger partial charge >= 0.3 is 6.09 Å². The molecule has 1 heterocycles. The van der Waals surface area contributed by atoms with E-state index < -0.39 is 18.1 Å². The third kappa shape index (κ3) is 2.66. The standard InChI is InChI=1S/C8H12N2O5/c1-14-5-4-6(11)10(7(5)12)2-3-15-8(9)13/h5H,2-4H2,1H3,(H2,9,13). The molecule has 1 aliphatic rings. The lowest BCUT2D eigenvalue weighted by Crippen LogP contribution is -2.36. The zero-order chi connectivity index (χ0) is 11.4. The molecular formula is C8H12N2O5. The van der Waals surface area contributed by atoms with Crippen LogP contribution in [0.3, 0.4) is 0 Å². The maximum absolute atomic E-state index is 11.4. The molecule has 15 heavy (non-hydrogen) atoms. The molecule has 0 aromatic heterocycles. The topological polar surface area (TPSA) is 98.9 Å². The largest absolute Gasteiger partial charge is 0.448 e. The van der Waals surface area contributed by atoms with Gasteiger partial charge in [-0.15, -0.1) is 0 Å². The maximum Gasteiger partial charge on any atom is 0.404 e. The number of rotatable bonds is 4. The molecule has 0 radical (unpaired) electrons. The molecule has 3 amide bonds. The molecule has 1 atom stereocenters. The second kappa shape index (κ2) is 4.74. The number of methoxy groups -OCH3 is 1. The smallest absolute Gasteiger partial charge is 0.404 e. The van der Waals surface area contributed by atoms with Crippen LogP contribution in [0.15, 0.2) is 0 Å². The molecule has 0 spiro atoms. The van der Waals surface area contributed by atoms with Gasteiger partial charge in [0.05, 0.1) is 13.0 Å². The molecule has 1 saturated heterocycles. The van der Waals surface area contributed by atoms with Crippen LogP contribution in [0.4, 0.5) is 4.79 Å². The lowest BCUT2D eigenvalue weighted by atomic mass is 10.3. The summed E-state index contributed by atoms with van der Waals surface area (Å²) in [7, 11) is 1.36. The number of carbonyl (C=O) groups is 3. The Labute approximate surface area is 86.1 Å². The van der Waals surface area contributed by atoms with Crippen molar-refractivity contribution in [2.24, 2.45) is 5.73 Å². The van der Waals surface area contributed by atoms with Crippen molar-refractivity contribution in [3.05, 3.63) is 0 Å². The van der Waals surface area contributed by atoms with E-state index in [-0.39, 0.29) is 25.5 Å². The highest BCUT2D eigenvalue weighted by Crippen LogP contribution is 2.14. The second-order valence-corrected chi connectivity index (χ2v) is 2.98. The highest BCUT2D eigenvalue weighted by molar-refractivity contribution is 6.04. The van der Waals surface area contributed by atoms with Crippen molar-refractivity contribution in [2.45, 2.75) is 12.5 Å². The van der Waals surface area contributed by atoms with E-state index in [0.29, 0.717) is 0 Å². The molecule has 0 aromatic carbocycles. The fourth-order valence-electron chi connectivity index (χ4n) is 1.31. The quantitative estimate of drug-likeness (QED) is 0.598. The summed E-state index contributed by atoms with van der Waals surface area (Å²) in [5, 5.41) is 0. The van der Waals surface area contributed by atoms with Gasteiger partial charge in [0.1, 0.15) is 12.7 Å². The van der Waals surface area contributed by atoms with E-state index in [2.05, 4.69) is 4.74 Å². The molecule has 0 saturated carbocycles. The van der Waals surface area contributed by atoms with Crippen molar-refractivity contribution in [1.82, 2.24) is 4.90 Å².